The Labute approximate surface area is 261 Å². The highest BCUT2D eigenvalue weighted by molar-refractivity contribution is 6.99. The standard InChI is InChI=1S/C38H52O4Si/c1-6-8-9-10-11-12-13-20-26-32-36-33(29-34(39)38(32,36)28-21-27-35(40)41-7-2)42-43(37(3,4)5,30-22-16-14-17-23-30)31-24-18-15-19-25-31/h11-12,14-20,22-26,32-33,36H,6-10,13,21,27-29H2,1-5H3/b12-11-,26-20-/t32-,33-,36+,38-/m0/s1. The quantitative estimate of drug-likeness (QED) is 0.0849. The molecule has 4 rings (SSSR count). The van der Waals surface area contributed by atoms with Gasteiger partial charge in [0.05, 0.1) is 12.7 Å². The molecular weight excluding hydrogens is 549 g/mol. The van der Waals surface area contributed by atoms with Crippen molar-refractivity contribution >= 4 is 30.4 Å². The lowest BCUT2D eigenvalue weighted by molar-refractivity contribution is -0.143. The Hall–Kier alpha value is -2.76. The maximum atomic E-state index is 14.0. The molecule has 43 heavy (non-hydrogen) atoms. The van der Waals surface area contributed by atoms with Gasteiger partial charge in [0, 0.05) is 24.2 Å². The molecule has 2 fully saturated rings. The molecule has 2 aliphatic rings. The molecule has 4 nitrogen and oxygen atoms in total. The number of Topliss-reactive ketones (excluding diaryl/α,β-unsaturated/α-hetero) is 1. The van der Waals surface area contributed by atoms with Crippen LogP contribution in [-0.2, 0) is 18.8 Å². The monoisotopic (exact) mass is 600 g/mol. The molecule has 0 unspecified atom stereocenters. The van der Waals surface area contributed by atoms with Crippen LogP contribution < -0.4 is 10.4 Å². The highest BCUT2D eigenvalue weighted by Crippen LogP contribution is 2.70. The highest BCUT2D eigenvalue weighted by atomic mass is 28.4. The lowest BCUT2D eigenvalue weighted by Crippen LogP contribution is -2.67. The molecule has 0 radical (unpaired) electrons. The van der Waals surface area contributed by atoms with Gasteiger partial charge in [-0.25, -0.2) is 0 Å². The first-order chi connectivity index (χ1) is 20.7. The fraction of sp³-hybridized carbons (Fsp3) is 0.526. The summed E-state index contributed by atoms with van der Waals surface area (Å²) in [5.41, 5.74) is -0.441. The summed E-state index contributed by atoms with van der Waals surface area (Å²) in [6, 6.07) is 21.4. The zero-order valence-corrected chi connectivity index (χ0v) is 28.0. The van der Waals surface area contributed by atoms with Crippen molar-refractivity contribution in [1.29, 1.82) is 0 Å². The van der Waals surface area contributed by atoms with Crippen LogP contribution in [0.25, 0.3) is 0 Å². The molecule has 0 heterocycles. The molecule has 4 atom stereocenters. The van der Waals surface area contributed by atoms with Crippen molar-refractivity contribution in [3.8, 4) is 0 Å². The molecule has 2 aromatic rings. The summed E-state index contributed by atoms with van der Waals surface area (Å²) < 4.78 is 12.7. The number of hydrogen-bond donors (Lipinski definition) is 0. The van der Waals surface area contributed by atoms with Gasteiger partial charge in [0.15, 0.2) is 0 Å². The molecule has 0 bridgehead atoms. The van der Waals surface area contributed by atoms with Crippen molar-refractivity contribution in [2.75, 3.05) is 6.61 Å². The average molecular weight is 601 g/mol. The second-order valence-corrected chi connectivity index (χ2v) is 17.6. The normalized spacial score (nSPS) is 23.7. The topological polar surface area (TPSA) is 52.6 Å². The molecule has 2 aromatic carbocycles. The third-order valence-corrected chi connectivity index (χ3v) is 14.6. The lowest BCUT2D eigenvalue weighted by Gasteiger charge is -2.45. The van der Waals surface area contributed by atoms with E-state index in [0.717, 1.165) is 12.8 Å². The molecule has 2 saturated carbocycles. The van der Waals surface area contributed by atoms with Gasteiger partial charge in [-0.3, -0.25) is 9.59 Å². The molecule has 5 heteroatoms. The van der Waals surface area contributed by atoms with Crippen molar-refractivity contribution < 1.29 is 18.8 Å². The minimum Gasteiger partial charge on any atom is -0.466 e. The second kappa shape index (κ2) is 14.8. The van der Waals surface area contributed by atoms with Gasteiger partial charge in [-0.1, -0.05) is 126 Å². The Morgan fingerprint density at radius 2 is 1.58 bits per heavy atom. The number of hydrogen-bond acceptors (Lipinski definition) is 4. The van der Waals surface area contributed by atoms with E-state index < -0.39 is 13.7 Å². The number of rotatable bonds is 16. The summed E-state index contributed by atoms with van der Waals surface area (Å²) in [4.78, 5) is 26.1. The fourth-order valence-corrected chi connectivity index (χ4v) is 12.2. The molecule has 0 amide bonds. The van der Waals surface area contributed by atoms with Crippen LogP contribution in [0, 0.1) is 17.3 Å². The SMILES string of the molecule is CCCCC/C=C\C/C=C\[C@H]1[C@@H]2[C@@H](O[Si](c3ccccc3)(c3ccccc3)C(C)(C)C)CC(=O)[C@@]21CCCC(=O)OCC. The van der Waals surface area contributed by atoms with E-state index in [0.29, 0.717) is 38.1 Å². The summed E-state index contributed by atoms with van der Waals surface area (Å²) in [6.07, 6.45) is 16.8. The summed E-state index contributed by atoms with van der Waals surface area (Å²) in [7, 11) is -2.80. The number of benzene rings is 2. The minimum atomic E-state index is -2.80. The van der Waals surface area contributed by atoms with Crippen LogP contribution in [0.4, 0.5) is 0 Å². The Morgan fingerprint density at radius 3 is 2.16 bits per heavy atom. The molecule has 0 saturated heterocycles. The van der Waals surface area contributed by atoms with Crippen LogP contribution in [0.15, 0.2) is 85.0 Å². The molecule has 0 N–H and O–H groups in total. The number of fused-ring (bicyclic) bond motifs is 1. The van der Waals surface area contributed by atoms with Crippen molar-refractivity contribution in [2.24, 2.45) is 17.3 Å². The van der Waals surface area contributed by atoms with Gasteiger partial charge >= 0.3 is 5.97 Å². The minimum absolute atomic E-state index is 0.133. The van der Waals surface area contributed by atoms with Gasteiger partial charge in [0.25, 0.3) is 8.32 Å². The van der Waals surface area contributed by atoms with Crippen LogP contribution in [-0.4, -0.2) is 32.8 Å². The predicted molar refractivity (Wildman–Crippen MR) is 179 cm³/mol. The summed E-state index contributed by atoms with van der Waals surface area (Å²) >= 11 is 0. The van der Waals surface area contributed by atoms with Gasteiger partial charge in [-0.15, -0.1) is 0 Å². The van der Waals surface area contributed by atoms with Crippen molar-refractivity contribution in [1.82, 2.24) is 0 Å². The number of carbonyl (C=O) groups is 2. The van der Waals surface area contributed by atoms with E-state index in [-0.39, 0.29) is 28.9 Å². The Bertz CT molecular complexity index is 1210. The highest BCUT2D eigenvalue weighted by Gasteiger charge is 2.74. The van der Waals surface area contributed by atoms with Crippen molar-refractivity contribution in [2.45, 2.75) is 104 Å². The van der Waals surface area contributed by atoms with E-state index in [4.69, 9.17) is 9.16 Å². The Balaban J connectivity index is 1.63. The average Bonchev–Trinajstić information content (AvgIpc) is 3.55. The molecule has 0 aromatic heterocycles. The van der Waals surface area contributed by atoms with Crippen molar-refractivity contribution in [3.63, 3.8) is 0 Å². The Kier molecular flexibility index (Phi) is 11.4. The largest absolute Gasteiger partial charge is 0.466 e. The fourth-order valence-electron chi connectivity index (χ4n) is 7.52. The smallest absolute Gasteiger partial charge is 0.305 e. The maximum Gasteiger partial charge on any atom is 0.305 e. The first-order valence-electron chi connectivity index (χ1n) is 16.5. The zero-order valence-electron chi connectivity index (χ0n) is 27.0. The van der Waals surface area contributed by atoms with Gasteiger partial charge in [-0.05, 0) is 60.4 Å². The number of carbonyl (C=O) groups excluding carboxylic acids is 2. The van der Waals surface area contributed by atoms with Crippen molar-refractivity contribution in [3.05, 3.63) is 85.0 Å². The third-order valence-electron chi connectivity index (χ3n) is 9.55. The maximum absolute atomic E-state index is 14.0. The van der Waals surface area contributed by atoms with E-state index >= 15 is 0 Å². The van der Waals surface area contributed by atoms with Gasteiger partial charge < -0.3 is 9.16 Å². The first-order valence-corrected chi connectivity index (χ1v) is 18.4. The number of unbranched alkanes of at least 4 members (excludes halogenated alkanes) is 3. The third kappa shape index (κ3) is 7.15. The van der Waals surface area contributed by atoms with Gasteiger partial charge in [-0.2, -0.15) is 0 Å². The number of allylic oxidation sites excluding steroid dienone is 4. The number of ketones is 1. The second-order valence-electron chi connectivity index (χ2n) is 13.3. The first kappa shape index (κ1) is 33.1. The lowest BCUT2D eigenvalue weighted by atomic mass is 9.91. The van der Waals surface area contributed by atoms with Crippen LogP contribution in [0.2, 0.25) is 5.04 Å². The Morgan fingerprint density at radius 1 is 0.930 bits per heavy atom. The van der Waals surface area contributed by atoms with E-state index in [2.05, 4.69) is 113 Å². The molecule has 0 aliphatic heterocycles. The molecule has 2 aliphatic carbocycles. The van der Waals surface area contributed by atoms with Gasteiger partial charge in [0.1, 0.15) is 5.78 Å². The summed E-state index contributed by atoms with van der Waals surface area (Å²) in [5.74, 6) is 0.400. The van der Waals surface area contributed by atoms with E-state index in [1.54, 1.807) is 0 Å². The van der Waals surface area contributed by atoms with E-state index in [1.165, 1.54) is 29.6 Å². The molecule has 0 spiro atoms. The van der Waals surface area contributed by atoms with Crippen LogP contribution in [0.1, 0.15) is 92.4 Å². The molecule has 232 valence electrons. The van der Waals surface area contributed by atoms with Crippen LogP contribution in [0.3, 0.4) is 0 Å². The zero-order chi connectivity index (χ0) is 30.9. The van der Waals surface area contributed by atoms with Gasteiger partial charge in [0.2, 0.25) is 0 Å². The summed E-state index contributed by atoms with van der Waals surface area (Å²) in [5, 5.41) is 2.32. The summed E-state index contributed by atoms with van der Waals surface area (Å²) in [6.45, 7) is 11.3. The molecular formula is C38H52O4Si. The van der Waals surface area contributed by atoms with Crippen LogP contribution in [0.5, 0.6) is 0 Å². The number of esters is 1. The predicted octanol–water partition coefficient (Wildman–Crippen LogP) is 7.95. The number of ether oxygens (including phenoxy) is 1. The van der Waals surface area contributed by atoms with Crippen LogP contribution >= 0.6 is 0 Å². The van der Waals surface area contributed by atoms with E-state index in [1.807, 2.05) is 6.92 Å². The van der Waals surface area contributed by atoms with E-state index in [9.17, 15) is 9.59 Å².